The third-order valence-corrected chi connectivity index (χ3v) is 3.35. The van der Waals surface area contributed by atoms with Crippen molar-refractivity contribution in [1.82, 2.24) is 9.97 Å². The van der Waals surface area contributed by atoms with Gasteiger partial charge < -0.3 is 15.7 Å². The number of para-hydroxylation sites is 1. The minimum Gasteiger partial charge on any atom is -0.506 e. The number of hydrogen-bond acceptors (Lipinski definition) is 5. The molecule has 2 aromatic carbocycles. The van der Waals surface area contributed by atoms with Gasteiger partial charge in [-0.3, -0.25) is 0 Å². The summed E-state index contributed by atoms with van der Waals surface area (Å²) in [6.07, 6.45) is 0. The van der Waals surface area contributed by atoms with E-state index >= 15 is 0 Å². The quantitative estimate of drug-likeness (QED) is 0.638. The number of rotatable bonds is 4. The minimum atomic E-state index is 0.173. The maximum atomic E-state index is 9.95. The van der Waals surface area contributed by atoms with E-state index in [0.29, 0.717) is 11.6 Å². The molecule has 3 rings (SSSR count). The molecule has 0 aliphatic heterocycles. The van der Waals surface area contributed by atoms with E-state index in [-0.39, 0.29) is 5.75 Å². The first kappa shape index (κ1) is 14.1. The average molecular weight is 294 g/mol. The lowest BCUT2D eigenvalue weighted by atomic mass is 10.2. The molecule has 0 radical (unpaired) electrons. The molecule has 3 aromatic rings. The summed E-state index contributed by atoms with van der Waals surface area (Å²) in [5.74, 6) is 1.41. The van der Waals surface area contributed by atoms with Crippen molar-refractivity contribution in [2.24, 2.45) is 0 Å². The van der Waals surface area contributed by atoms with Gasteiger partial charge in [0.15, 0.2) is 0 Å². The molecule has 0 spiro atoms. The SMILES string of the molecule is CCNc1nc(Nc2cc(C)ccc2O)nc2ccccc12. The van der Waals surface area contributed by atoms with Gasteiger partial charge in [-0.05, 0) is 43.7 Å². The van der Waals surface area contributed by atoms with Crippen LogP contribution in [0.2, 0.25) is 0 Å². The molecule has 0 atom stereocenters. The Bertz CT molecular complexity index is 817. The minimum absolute atomic E-state index is 0.173. The fourth-order valence-electron chi connectivity index (χ4n) is 2.31. The van der Waals surface area contributed by atoms with Gasteiger partial charge in [0, 0.05) is 11.9 Å². The van der Waals surface area contributed by atoms with E-state index in [1.54, 1.807) is 6.07 Å². The third kappa shape index (κ3) is 2.79. The molecule has 0 aliphatic rings. The van der Waals surface area contributed by atoms with Crippen LogP contribution in [0.5, 0.6) is 5.75 Å². The lowest BCUT2D eigenvalue weighted by molar-refractivity contribution is 0.477. The van der Waals surface area contributed by atoms with Crippen molar-refractivity contribution >= 4 is 28.4 Å². The Morgan fingerprint density at radius 1 is 1.09 bits per heavy atom. The number of aryl methyl sites for hydroxylation is 1. The molecule has 3 N–H and O–H groups in total. The van der Waals surface area contributed by atoms with Gasteiger partial charge in [0.05, 0.1) is 11.2 Å². The molecular weight excluding hydrogens is 276 g/mol. The first-order valence-corrected chi connectivity index (χ1v) is 7.24. The van der Waals surface area contributed by atoms with Crippen molar-refractivity contribution in [3.63, 3.8) is 0 Å². The molecule has 0 bridgehead atoms. The fraction of sp³-hybridized carbons (Fsp3) is 0.176. The van der Waals surface area contributed by atoms with Crippen LogP contribution < -0.4 is 10.6 Å². The van der Waals surface area contributed by atoms with Crippen molar-refractivity contribution < 1.29 is 5.11 Å². The summed E-state index contributed by atoms with van der Waals surface area (Å²) < 4.78 is 0. The largest absolute Gasteiger partial charge is 0.506 e. The zero-order valence-corrected chi connectivity index (χ0v) is 12.6. The summed E-state index contributed by atoms with van der Waals surface area (Å²) in [6, 6.07) is 13.2. The molecule has 5 heteroatoms. The predicted molar refractivity (Wildman–Crippen MR) is 89.8 cm³/mol. The molecule has 112 valence electrons. The molecule has 0 amide bonds. The molecular formula is C17H18N4O. The molecule has 0 aliphatic carbocycles. The summed E-state index contributed by atoms with van der Waals surface area (Å²) in [5.41, 5.74) is 2.49. The smallest absolute Gasteiger partial charge is 0.229 e. The second-order valence-corrected chi connectivity index (χ2v) is 5.09. The predicted octanol–water partition coefficient (Wildman–Crippen LogP) is 3.82. The van der Waals surface area contributed by atoms with Crippen LogP contribution in [0.25, 0.3) is 10.9 Å². The Morgan fingerprint density at radius 2 is 1.91 bits per heavy atom. The summed E-state index contributed by atoms with van der Waals surface area (Å²) in [7, 11) is 0. The van der Waals surface area contributed by atoms with Crippen LogP contribution in [-0.4, -0.2) is 21.6 Å². The van der Waals surface area contributed by atoms with Gasteiger partial charge in [0.25, 0.3) is 0 Å². The average Bonchev–Trinajstić information content (AvgIpc) is 2.51. The number of hydrogen-bond donors (Lipinski definition) is 3. The molecule has 1 heterocycles. The summed E-state index contributed by atoms with van der Waals surface area (Å²) >= 11 is 0. The number of nitrogens with one attached hydrogen (secondary N) is 2. The highest BCUT2D eigenvalue weighted by molar-refractivity contribution is 5.90. The number of fused-ring (bicyclic) bond motifs is 1. The maximum absolute atomic E-state index is 9.95. The van der Waals surface area contributed by atoms with Crippen molar-refractivity contribution in [3.05, 3.63) is 48.0 Å². The Hall–Kier alpha value is -2.82. The first-order chi connectivity index (χ1) is 10.7. The van der Waals surface area contributed by atoms with Crippen LogP contribution in [0, 0.1) is 6.92 Å². The lowest BCUT2D eigenvalue weighted by Crippen LogP contribution is -2.05. The van der Waals surface area contributed by atoms with Crippen LogP contribution in [0.4, 0.5) is 17.5 Å². The van der Waals surface area contributed by atoms with Gasteiger partial charge in [-0.15, -0.1) is 0 Å². The molecule has 1 aromatic heterocycles. The zero-order chi connectivity index (χ0) is 15.5. The number of phenolic OH excluding ortho intramolecular Hbond substituents is 1. The number of benzene rings is 2. The zero-order valence-electron chi connectivity index (χ0n) is 12.6. The molecule has 0 fully saturated rings. The summed E-state index contributed by atoms with van der Waals surface area (Å²) in [6.45, 7) is 4.77. The highest BCUT2D eigenvalue weighted by Gasteiger charge is 2.09. The summed E-state index contributed by atoms with van der Waals surface area (Å²) in [5, 5.41) is 17.3. The standard InChI is InChI=1S/C17H18N4O/c1-3-18-16-12-6-4-5-7-13(12)19-17(21-16)20-14-10-11(2)8-9-15(14)22/h4-10,22H,3H2,1-2H3,(H2,18,19,20,21). The van der Waals surface area contributed by atoms with E-state index in [2.05, 4.69) is 20.6 Å². The highest BCUT2D eigenvalue weighted by Crippen LogP contribution is 2.28. The van der Waals surface area contributed by atoms with Gasteiger partial charge in [-0.1, -0.05) is 18.2 Å². The first-order valence-electron chi connectivity index (χ1n) is 7.24. The Labute approximate surface area is 129 Å². The number of anilines is 3. The van der Waals surface area contributed by atoms with E-state index in [0.717, 1.165) is 28.8 Å². The van der Waals surface area contributed by atoms with Crippen molar-refractivity contribution in [1.29, 1.82) is 0 Å². The van der Waals surface area contributed by atoms with Gasteiger partial charge in [0.2, 0.25) is 5.95 Å². The number of nitrogens with zero attached hydrogens (tertiary/aromatic N) is 2. The van der Waals surface area contributed by atoms with Crippen LogP contribution in [0.1, 0.15) is 12.5 Å². The van der Waals surface area contributed by atoms with E-state index in [1.807, 2.05) is 50.2 Å². The number of phenols is 1. The van der Waals surface area contributed by atoms with Crippen molar-refractivity contribution in [2.75, 3.05) is 17.2 Å². The van der Waals surface area contributed by atoms with Gasteiger partial charge in [-0.2, -0.15) is 4.98 Å². The summed E-state index contributed by atoms with van der Waals surface area (Å²) in [4.78, 5) is 9.02. The monoisotopic (exact) mass is 294 g/mol. The Morgan fingerprint density at radius 3 is 2.73 bits per heavy atom. The second-order valence-electron chi connectivity index (χ2n) is 5.09. The Kier molecular flexibility index (Phi) is 3.78. The fourth-order valence-corrected chi connectivity index (χ4v) is 2.31. The third-order valence-electron chi connectivity index (χ3n) is 3.35. The van der Waals surface area contributed by atoms with E-state index in [1.165, 1.54) is 0 Å². The topological polar surface area (TPSA) is 70.1 Å². The molecule has 22 heavy (non-hydrogen) atoms. The number of aromatic nitrogens is 2. The van der Waals surface area contributed by atoms with Crippen LogP contribution >= 0.6 is 0 Å². The van der Waals surface area contributed by atoms with Crippen LogP contribution in [0.3, 0.4) is 0 Å². The second kappa shape index (κ2) is 5.89. The van der Waals surface area contributed by atoms with Crippen LogP contribution in [-0.2, 0) is 0 Å². The molecule has 0 saturated carbocycles. The van der Waals surface area contributed by atoms with Crippen molar-refractivity contribution in [3.8, 4) is 5.75 Å². The van der Waals surface area contributed by atoms with E-state index in [4.69, 9.17) is 0 Å². The Balaban J connectivity index is 2.05. The molecule has 5 nitrogen and oxygen atoms in total. The van der Waals surface area contributed by atoms with E-state index in [9.17, 15) is 5.11 Å². The van der Waals surface area contributed by atoms with Gasteiger partial charge >= 0.3 is 0 Å². The highest BCUT2D eigenvalue weighted by atomic mass is 16.3. The maximum Gasteiger partial charge on any atom is 0.229 e. The lowest BCUT2D eigenvalue weighted by Gasteiger charge is -2.12. The van der Waals surface area contributed by atoms with E-state index < -0.39 is 0 Å². The van der Waals surface area contributed by atoms with Gasteiger partial charge in [-0.25, -0.2) is 4.98 Å². The van der Waals surface area contributed by atoms with Gasteiger partial charge in [0.1, 0.15) is 11.6 Å². The van der Waals surface area contributed by atoms with Crippen LogP contribution in [0.15, 0.2) is 42.5 Å². The van der Waals surface area contributed by atoms with Crippen molar-refractivity contribution in [2.45, 2.75) is 13.8 Å². The number of aromatic hydroxyl groups is 1. The molecule has 0 unspecified atom stereocenters. The molecule has 0 saturated heterocycles. The normalized spacial score (nSPS) is 10.6.